The lowest BCUT2D eigenvalue weighted by atomic mass is 9.99. The highest BCUT2D eigenvalue weighted by molar-refractivity contribution is 5.93. The van der Waals surface area contributed by atoms with E-state index in [1.807, 2.05) is 6.92 Å². The van der Waals surface area contributed by atoms with Crippen LogP contribution in [0.5, 0.6) is 17.4 Å². The normalized spacial score (nSPS) is 13.3. The molecule has 1 N–H and O–H groups in total. The number of ketones is 1. The second-order valence-corrected chi connectivity index (χ2v) is 8.28. The van der Waals surface area contributed by atoms with Gasteiger partial charge in [0.05, 0.1) is 0 Å². The van der Waals surface area contributed by atoms with Crippen LogP contribution < -0.4 is 14.8 Å². The lowest BCUT2D eigenvalue weighted by molar-refractivity contribution is -0.274. The Morgan fingerprint density at radius 2 is 1.83 bits per heavy atom. The first-order chi connectivity index (χ1) is 16.6. The van der Waals surface area contributed by atoms with Crippen molar-refractivity contribution in [3.63, 3.8) is 0 Å². The van der Waals surface area contributed by atoms with E-state index < -0.39 is 6.36 Å². The molecule has 10 heteroatoms. The van der Waals surface area contributed by atoms with E-state index in [4.69, 9.17) is 4.74 Å². The smallest absolute Gasteiger partial charge is 0.439 e. The number of carbonyl (C=O) groups is 2. The van der Waals surface area contributed by atoms with Crippen molar-refractivity contribution < 1.29 is 32.2 Å². The molecule has 2 aromatic carbocycles. The topological polar surface area (TPSA) is 90.4 Å². The Hall–Kier alpha value is -3.95. The molecule has 0 radical (unpaired) electrons. The molecule has 0 saturated heterocycles. The predicted molar refractivity (Wildman–Crippen MR) is 120 cm³/mol. The molecule has 1 saturated carbocycles. The van der Waals surface area contributed by atoms with Crippen molar-refractivity contribution in [1.29, 1.82) is 0 Å². The molecule has 1 aliphatic rings. The van der Waals surface area contributed by atoms with Gasteiger partial charge in [0.25, 0.3) is 0 Å². The molecule has 1 aromatic heterocycles. The van der Waals surface area contributed by atoms with Gasteiger partial charge in [-0.15, -0.1) is 13.2 Å². The zero-order valence-electron chi connectivity index (χ0n) is 18.8. The van der Waals surface area contributed by atoms with Gasteiger partial charge in [0, 0.05) is 24.8 Å². The molecular weight excluding hydrogens is 463 g/mol. The largest absolute Gasteiger partial charge is 0.573 e. The van der Waals surface area contributed by atoms with Crippen LogP contribution in [0.15, 0.2) is 54.9 Å². The summed E-state index contributed by atoms with van der Waals surface area (Å²) in [5, 5.41) is 2.74. The summed E-state index contributed by atoms with van der Waals surface area (Å²) in [6, 6.07) is 12.1. The Morgan fingerprint density at radius 1 is 1.03 bits per heavy atom. The zero-order chi connectivity index (χ0) is 25.0. The van der Waals surface area contributed by atoms with Crippen LogP contribution in [-0.2, 0) is 22.4 Å². The quantitative estimate of drug-likeness (QED) is 0.449. The third-order valence-corrected chi connectivity index (χ3v) is 5.30. The maximum Gasteiger partial charge on any atom is 0.573 e. The van der Waals surface area contributed by atoms with Crippen LogP contribution in [0.1, 0.15) is 29.5 Å². The van der Waals surface area contributed by atoms with E-state index in [0.717, 1.165) is 24.0 Å². The molecule has 1 fully saturated rings. The van der Waals surface area contributed by atoms with Crippen molar-refractivity contribution >= 4 is 17.5 Å². The van der Waals surface area contributed by atoms with Crippen LogP contribution in [0.25, 0.3) is 0 Å². The Bertz CT molecular complexity index is 1240. The van der Waals surface area contributed by atoms with Gasteiger partial charge in [-0.05, 0) is 60.7 Å². The first-order valence-electron chi connectivity index (χ1n) is 10.9. The van der Waals surface area contributed by atoms with Crippen molar-refractivity contribution in [2.24, 2.45) is 5.92 Å². The summed E-state index contributed by atoms with van der Waals surface area (Å²) in [4.78, 5) is 32.5. The molecule has 7 nitrogen and oxygen atoms in total. The number of nitrogens with zero attached hydrogens (tertiary/aromatic N) is 2. The second kappa shape index (κ2) is 10.1. The number of anilines is 1. The van der Waals surface area contributed by atoms with Gasteiger partial charge in [0.15, 0.2) is 0 Å². The summed E-state index contributed by atoms with van der Waals surface area (Å²) in [5.41, 5.74) is 2.01. The average Bonchev–Trinajstić information content (AvgIpc) is 3.61. The number of amides is 1. The fraction of sp³-hybridized carbons (Fsp3) is 0.280. The SMILES string of the molecule is Cc1cc(Oc2cc(NC(=O)C3CC3)ncn2)ccc1CC(=O)Cc1cccc(OC(F)(F)F)c1. The Balaban J connectivity index is 1.36. The summed E-state index contributed by atoms with van der Waals surface area (Å²) in [5.74, 6) is 0.571. The molecular formula is C25H22F3N3O4. The van der Waals surface area contributed by atoms with Gasteiger partial charge in [-0.1, -0.05) is 18.2 Å². The third kappa shape index (κ3) is 7.26. The van der Waals surface area contributed by atoms with Crippen LogP contribution >= 0.6 is 0 Å². The number of hydrogen-bond donors (Lipinski definition) is 1. The second-order valence-electron chi connectivity index (χ2n) is 8.28. The number of aromatic nitrogens is 2. The number of alkyl halides is 3. The highest BCUT2D eigenvalue weighted by Crippen LogP contribution is 2.30. The van der Waals surface area contributed by atoms with E-state index in [1.165, 1.54) is 30.6 Å². The molecule has 0 aliphatic heterocycles. The van der Waals surface area contributed by atoms with E-state index in [9.17, 15) is 22.8 Å². The lowest BCUT2D eigenvalue weighted by Crippen LogP contribution is -2.17. The number of halogens is 3. The van der Waals surface area contributed by atoms with Crippen molar-refractivity contribution in [2.75, 3.05) is 5.32 Å². The Morgan fingerprint density at radius 3 is 2.54 bits per heavy atom. The zero-order valence-corrected chi connectivity index (χ0v) is 18.8. The van der Waals surface area contributed by atoms with Gasteiger partial charge < -0.3 is 14.8 Å². The number of hydrogen-bond acceptors (Lipinski definition) is 6. The summed E-state index contributed by atoms with van der Waals surface area (Å²) >= 11 is 0. The van der Waals surface area contributed by atoms with Gasteiger partial charge in [-0.3, -0.25) is 9.59 Å². The molecule has 0 atom stereocenters. The van der Waals surface area contributed by atoms with Gasteiger partial charge in [-0.2, -0.15) is 0 Å². The monoisotopic (exact) mass is 485 g/mol. The number of carbonyl (C=O) groups excluding carboxylic acids is 2. The molecule has 1 heterocycles. The van der Waals surface area contributed by atoms with E-state index in [0.29, 0.717) is 17.1 Å². The van der Waals surface area contributed by atoms with E-state index in [1.54, 1.807) is 24.3 Å². The lowest BCUT2D eigenvalue weighted by Gasteiger charge is -2.11. The highest BCUT2D eigenvalue weighted by atomic mass is 19.4. The minimum atomic E-state index is -4.79. The number of ether oxygens (including phenoxy) is 2. The third-order valence-electron chi connectivity index (χ3n) is 5.30. The molecule has 0 unspecified atom stereocenters. The molecule has 1 amide bonds. The summed E-state index contributed by atoms with van der Waals surface area (Å²) in [7, 11) is 0. The number of aryl methyl sites for hydroxylation is 1. The van der Waals surface area contributed by atoms with E-state index in [-0.39, 0.29) is 42.1 Å². The van der Waals surface area contributed by atoms with Crippen LogP contribution in [-0.4, -0.2) is 28.0 Å². The fourth-order valence-electron chi connectivity index (χ4n) is 3.44. The van der Waals surface area contributed by atoms with Crippen molar-refractivity contribution in [1.82, 2.24) is 9.97 Å². The van der Waals surface area contributed by atoms with Gasteiger partial charge >= 0.3 is 6.36 Å². The van der Waals surface area contributed by atoms with Crippen LogP contribution in [0.4, 0.5) is 19.0 Å². The predicted octanol–water partition coefficient (Wildman–Crippen LogP) is 5.18. The van der Waals surface area contributed by atoms with Crippen LogP contribution in [0.2, 0.25) is 0 Å². The number of benzene rings is 2. The molecule has 3 aromatic rings. The van der Waals surface area contributed by atoms with E-state index >= 15 is 0 Å². The van der Waals surface area contributed by atoms with Crippen LogP contribution in [0.3, 0.4) is 0 Å². The molecule has 182 valence electrons. The molecule has 0 bridgehead atoms. The van der Waals surface area contributed by atoms with Gasteiger partial charge in [0.1, 0.15) is 29.4 Å². The highest BCUT2D eigenvalue weighted by Gasteiger charge is 2.31. The minimum absolute atomic E-state index is 0.0248. The maximum atomic E-state index is 12.5. The number of Topliss-reactive ketones (excluding diaryl/α,β-unsaturated/α-hetero) is 1. The fourth-order valence-corrected chi connectivity index (χ4v) is 3.44. The van der Waals surface area contributed by atoms with E-state index in [2.05, 4.69) is 20.0 Å². The van der Waals surface area contributed by atoms with Crippen LogP contribution in [0, 0.1) is 12.8 Å². The molecule has 1 aliphatic carbocycles. The molecule has 0 spiro atoms. The first-order valence-corrected chi connectivity index (χ1v) is 10.9. The molecule has 4 rings (SSSR count). The Kier molecular flexibility index (Phi) is 6.99. The number of rotatable bonds is 9. The average molecular weight is 485 g/mol. The summed E-state index contributed by atoms with van der Waals surface area (Å²) in [6.07, 6.45) is -1.64. The number of nitrogens with one attached hydrogen (secondary N) is 1. The van der Waals surface area contributed by atoms with Gasteiger partial charge in [0.2, 0.25) is 11.8 Å². The van der Waals surface area contributed by atoms with Crippen molar-refractivity contribution in [2.45, 2.75) is 39.0 Å². The first kappa shape index (κ1) is 24.2. The Labute approximate surface area is 199 Å². The standard InChI is InChI=1S/C25H22F3N3O4/c1-15-9-20(34-23-13-22(29-14-30-23)31-24(33)17-5-6-17)8-7-18(15)12-19(32)10-16-3-2-4-21(11-16)35-25(26,27)28/h2-4,7-9,11,13-14,17H,5-6,10,12H2,1H3,(H,29,30,31,33). The van der Waals surface area contributed by atoms with Gasteiger partial charge in [-0.25, -0.2) is 9.97 Å². The molecule has 35 heavy (non-hydrogen) atoms. The van der Waals surface area contributed by atoms with Crippen molar-refractivity contribution in [3.8, 4) is 17.4 Å². The van der Waals surface area contributed by atoms with Crippen molar-refractivity contribution in [3.05, 3.63) is 71.5 Å². The summed E-state index contributed by atoms with van der Waals surface area (Å²) < 4.78 is 46.9. The summed E-state index contributed by atoms with van der Waals surface area (Å²) in [6.45, 7) is 1.83. The maximum absolute atomic E-state index is 12.5. The minimum Gasteiger partial charge on any atom is -0.439 e.